The molecule has 1 aromatic carbocycles. The molecule has 0 unspecified atom stereocenters. The number of nitrogens with zero attached hydrogens (tertiary/aromatic N) is 3. The predicted octanol–water partition coefficient (Wildman–Crippen LogP) is 3.09. The maximum absolute atomic E-state index is 13.4. The lowest BCUT2D eigenvalue weighted by Crippen LogP contribution is -2.51. The van der Waals surface area contributed by atoms with Gasteiger partial charge in [-0.1, -0.05) is 12.1 Å². The molecule has 3 heterocycles. The van der Waals surface area contributed by atoms with Crippen LogP contribution in [0.4, 0.5) is 13.2 Å². The van der Waals surface area contributed by atoms with E-state index in [-0.39, 0.29) is 10.3 Å². The van der Waals surface area contributed by atoms with Gasteiger partial charge in [0.25, 0.3) is 0 Å². The number of rotatable bonds is 5. The van der Waals surface area contributed by atoms with E-state index in [0.717, 1.165) is 37.5 Å². The highest BCUT2D eigenvalue weighted by Gasteiger charge is 2.43. The second-order valence-electron chi connectivity index (χ2n) is 8.57. The van der Waals surface area contributed by atoms with Crippen molar-refractivity contribution in [2.75, 3.05) is 46.5 Å². The highest BCUT2D eigenvalue weighted by atomic mass is 32.2. The number of benzene rings is 1. The Hall–Kier alpha value is -2.26. The first-order valence-corrected chi connectivity index (χ1v) is 13.4. The lowest BCUT2D eigenvalue weighted by atomic mass is 9.78. The fourth-order valence-electron chi connectivity index (χ4n) is 4.06. The van der Waals surface area contributed by atoms with Crippen LogP contribution in [0.15, 0.2) is 40.7 Å². The number of para-hydroxylation sites is 1. The van der Waals surface area contributed by atoms with E-state index in [0.29, 0.717) is 32.1 Å². The lowest BCUT2D eigenvalue weighted by Gasteiger charge is -2.44. The normalized spacial score (nSPS) is 19.8. The number of aliphatic carboxylic acids is 1. The number of carboxylic acid groups (broad SMARTS) is 1. The molecule has 1 spiro atoms. The summed E-state index contributed by atoms with van der Waals surface area (Å²) in [5.41, 5.74) is -0.201. The van der Waals surface area contributed by atoms with Crippen LogP contribution in [0.2, 0.25) is 0 Å². The number of thiazole rings is 1. The largest absolute Gasteiger partial charge is 0.492 e. The predicted molar refractivity (Wildman–Crippen MR) is 125 cm³/mol. The number of likely N-dealkylation sites (tertiary alicyclic amines) is 1. The summed E-state index contributed by atoms with van der Waals surface area (Å²) in [5, 5.41) is 10.2. The van der Waals surface area contributed by atoms with Crippen LogP contribution in [0.1, 0.15) is 17.8 Å². The Morgan fingerprint density at radius 1 is 1.28 bits per heavy atom. The standard InChI is InChI=1S/C20H27N3O4S2.C2HF3O2/c1-26-12-11-23-15-20(6-9-22(10-7-20)14-19-21-8-13-28-19)16-27-17-4-2-3-5-18(17)29(23,24)25;3-2(4,5)1(6)7/h2-5,8,13H,6-7,9-12,14-16H2,1H3;(H,6,7). The molecular formula is C22H28F3N3O6S2. The summed E-state index contributed by atoms with van der Waals surface area (Å²) < 4.78 is 71.3. The van der Waals surface area contributed by atoms with Crippen LogP contribution in [0.5, 0.6) is 5.75 Å². The molecule has 36 heavy (non-hydrogen) atoms. The van der Waals surface area contributed by atoms with Gasteiger partial charge in [0.1, 0.15) is 15.7 Å². The van der Waals surface area contributed by atoms with Crippen LogP contribution in [-0.4, -0.2) is 86.4 Å². The van der Waals surface area contributed by atoms with Gasteiger partial charge >= 0.3 is 12.1 Å². The average Bonchev–Trinajstić information content (AvgIpc) is 3.34. The summed E-state index contributed by atoms with van der Waals surface area (Å²) >= 11 is 1.67. The van der Waals surface area contributed by atoms with Gasteiger partial charge in [0.15, 0.2) is 0 Å². The van der Waals surface area contributed by atoms with E-state index in [4.69, 9.17) is 19.4 Å². The van der Waals surface area contributed by atoms with Gasteiger partial charge in [-0.05, 0) is 38.1 Å². The van der Waals surface area contributed by atoms with Gasteiger partial charge in [-0.3, -0.25) is 4.90 Å². The zero-order chi connectivity index (χ0) is 26.4. The first-order chi connectivity index (χ1) is 17.0. The Morgan fingerprint density at radius 3 is 2.53 bits per heavy atom. The number of hydrogen-bond donors (Lipinski definition) is 1. The molecule has 14 heteroatoms. The summed E-state index contributed by atoms with van der Waals surface area (Å²) in [7, 11) is -2.04. The monoisotopic (exact) mass is 551 g/mol. The number of hydrogen-bond acceptors (Lipinski definition) is 8. The van der Waals surface area contributed by atoms with E-state index in [1.165, 1.54) is 0 Å². The fraction of sp³-hybridized carbons (Fsp3) is 0.545. The van der Waals surface area contributed by atoms with Crippen LogP contribution in [0, 0.1) is 5.41 Å². The smallest absolute Gasteiger partial charge is 0.490 e. The van der Waals surface area contributed by atoms with Crippen LogP contribution >= 0.6 is 11.3 Å². The number of carbonyl (C=O) groups is 1. The van der Waals surface area contributed by atoms with E-state index in [2.05, 4.69) is 9.88 Å². The minimum absolute atomic E-state index is 0.201. The number of alkyl halides is 3. The van der Waals surface area contributed by atoms with E-state index < -0.39 is 22.2 Å². The van der Waals surface area contributed by atoms with Gasteiger partial charge in [-0.25, -0.2) is 18.2 Å². The first-order valence-electron chi connectivity index (χ1n) is 11.1. The maximum Gasteiger partial charge on any atom is 0.490 e. The van der Waals surface area contributed by atoms with Gasteiger partial charge in [0, 0.05) is 37.2 Å². The molecule has 1 aromatic heterocycles. The molecule has 1 fully saturated rings. The van der Waals surface area contributed by atoms with Crippen molar-refractivity contribution >= 4 is 27.3 Å². The molecule has 0 radical (unpaired) electrons. The molecule has 0 aliphatic carbocycles. The van der Waals surface area contributed by atoms with Gasteiger partial charge in [0.05, 0.1) is 19.8 Å². The third-order valence-electron chi connectivity index (χ3n) is 6.06. The van der Waals surface area contributed by atoms with Crippen LogP contribution in [-0.2, 0) is 26.1 Å². The van der Waals surface area contributed by atoms with E-state index in [9.17, 15) is 21.6 Å². The topological polar surface area (TPSA) is 109 Å². The second-order valence-corrected chi connectivity index (χ2v) is 11.5. The molecule has 200 valence electrons. The Balaban J connectivity index is 0.000000454. The Kier molecular flexibility index (Phi) is 9.33. The summed E-state index contributed by atoms with van der Waals surface area (Å²) in [6.07, 6.45) is -1.47. The number of ether oxygens (including phenoxy) is 2. The van der Waals surface area contributed by atoms with Crippen LogP contribution in [0.25, 0.3) is 0 Å². The molecule has 1 N–H and O–H groups in total. The number of sulfonamides is 1. The molecule has 2 aliphatic rings. The molecule has 0 bridgehead atoms. The van der Waals surface area contributed by atoms with Crippen molar-refractivity contribution in [3.05, 3.63) is 40.8 Å². The molecule has 4 rings (SSSR count). The summed E-state index contributed by atoms with van der Waals surface area (Å²) in [5.74, 6) is -2.31. The summed E-state index contributed by atoms with van der Waals surface area (Å²) in [4.78, 5) is 15.9. The Morgan fingerprint density at radius 2 is 1.94 bits per heavy atom. The third kappa shape index (κ3) is 7.16. The number of methoxy groups -OCH3 is 1. The molecule has 0 saturated carbocycles. The highest BCUT2D eigenvalue weighted by Crippen LogP contribution is 2.39. The highest BCUT2D eigenvalue weighted by molar-refractivity contribution is 7.89. The Bertz CT molecular complexity index is 1100. The van der Waals surface area contributed by atoms with Gasteiger partial charge in [-0.2, -0.15) is 17.5 Å². The maximum atomic E-state index is 13.4. The van der Waals surface area contributed by atoms with E-state index in [1.807, 2.05) is 17.6 Å². The molecule has 9 nitrogen and oxygen atoms in total. The molecule has 0 atom stereocenters. The number of halogens is 3. The SMILES string of the molecule is COCCN1CC2(CCN(Cc3nccs3)CC2)COc2ccccc2S1(=O)=O.O=C(O)C(F)(F)F. The molecule has 2 aromatic rings. The second kappa shape index (κ2) is 11.9. The van der Waals surface area contributed by atoms with Crippen molar-refractivity contribution in [2.24, 2.45) is 5.41 Å². The van der Waals surface area contributed by atoms with Crippen molar-refractivity contribution in [1.82, 2.24) is 14.2 Å². The van der Waals surface area contributed by atoms with Gasteiger partial charge in [-0.15, -0.1) is 11.3 Å². The van der Waals surface area contributed by atoms with Crippen molar-refractivity contribution in [3.8, 4) is 5.75 Å². The van der Waals surface area contributed by atoms with E-state index >= 15 is 0 Å². The molecule has 1 saturated heterocycles. The number of carboxylic acids is 1. The van der Waals surface area contributed by atoms with E-state index in [1.54, 1.807) is 41.0 Å². The Labute approximate surface area is 211 Å². The minimum Gasteiger partial charge on any atom is -0.492 e. The van der Waals surface area contributed by atoms with Crippen LogP contribution in [0.3, 0.4) is 0 Å². The minimum atomic E-state index is -5.08. The van der Waals surface area contributed by atoms with Gasteiger partial charge < -0.3 is 14.6 Å². The van der Waals surface area contributed by atoms with Crippen molar-refractivity contribution in [2.45, 2.75) is 30.5 Å². The third-order valence-corrected chi connectivity index (χ3v) is 8.71. The zero-order valence-electron chi connectivity index (χ0n) is 19.6. The van der Waals surface area contributed by atoms with Crippen molar-refractivity contribution < 1.29 is 41.0 Å². The average molecular weight is 552 g/mol. The number of fused-ring (bicyclic) bond motifs is 1. The number of aromatic nitrogens is 1. The molecule has 0 amide bonds. The van der Waals surface area contributed by atoms with Crippen LogP contribution < -0.4 is 4.74 Å². The zero-order valence-corrected chi connectivity index (χ0v) is 21.2. The lowest BCUT2D eigenvalue weighted by molar-refractivity contribution is -0.192. The quantitative estimate of drug-likeness (QED) is 0.604. The summed E-state index contributed by atoms with van der Waals surface area (Å²) in [6, 6.07) is 6.93. The van der Waals surface area contributed by atoms with Gasteiger partial charge in [0.2, 0.25) is 10.0 Å². The fourth-order valence-corrected chi connectivity index (χ4v) is 6.39. The summed E-state index contributed by atoms with van der Waals surface area (Å²) in [6.45, 7) is 4.35. The molecule has 2 aliphatic heterocycles. The first kappa shape index (κ1) is 28.3. The number of piperidine rings is 1. The van der Waals surface area contributed by atoms with Crippen molar-refractivity contribution in [3.63, 3.8) is 0 Å². The van der Waals surface area contributed by atoms with Crippen molar-refractivity contribution in [1.29, 1.82) is 0 Å². The molecular weight excluding hydrogens is 523 g/mol.